The molecule has 3 N–H and O–H groups in total. The second-order valence-electron chi connectivity index (χ2n) is 3.05. The van der Waals surface area contributed by atoms with Crippen LogP contribution >= 0.6 is 0 Å². The smallest absolute Gasteiger partial charge is 0.323 e. The number of carboxylic acids is 1. The highest BCUT2D eigenvalue weighted by Crippen LogP contribution is 2.20. The summed E-state index contributed by atoms with van der Waals surface area (Å²) in [5.41, 5.74) is 0.200. The summed E-state index contributed by atoms with van der Waals surface area (Å²) in [6.45, 7) is -0.509. The van der Waals surface area contributed by atoms with Gasteiger partial charge in [0, 0.05) is 11.8 Å². The fraction of sp³-hybridized carbons (Fsp3) is 0.200. The first-order valence-corrected chi connectivity index (χ1v) is 4.63. The summed E-state index contributed by atoms with van der Waals surface area (Å²) < 4.78 is 17.9. The summed E-state index contributed by atoms with van der Waals surface area (Å²) in [5.74, 6) is -1.73. The molecule has 0 bridgehead atoms. The second kappa shape index (κ2) is 5.69. The Morgan fingerprint density at radius 2 is 2.18 bits per heavy atom. The fourth-order valence-electron chi connectivity index (χ4n) is 1.08. The number of carbonyl (C=O) groups excluding carboxylic acids is 1. The van der Waals surface area contributed by atoms with Crippen LogP contribution in [0.4, 0.5) is 14.9 Å². The molecule has 0 aliphatic heterocycles. The topological polar surface area (TPSA) is 87.7 Å². The van der Waals surface area contributed by atoms with E-state index in [9.17, 15) is 14.0 Å². The van der Waals surface area contributed by atoms with E-state index >= 15 is 0 Å². The molecule has 7 heteroatoms. The van der Waals surface area contributed by atoms with Gasteiger partial charge < -0.3 is 20.5 Å². The van der Waals surface area contributed by atoms with Crippen LogP contribution in [0.3, 0.4) is 0 Å². The van der Waals surface area contributed by atoms with Crippen molar-refractivity contribution in [3.8, 4) is 5.75 Å². The zero-order valence-electron chi connectivity index (χ0n) is 8.99. The zero-order chi connectivity index (χ0) is 12.8. The first-order valence-electron chi connectivity index (χ1n) is 4.63. The van der Waals surface area contributed by atoms with Gasteiger partial charge in [0.05, 0.1) is 7.11 Å². The van der Waals surface area contributed by atoms with E-state index in [1.54, 1.807) is 0 Å². The van der Waals surface area contributed by atoms with E-state index in [1.807, 2.05) is 0 Å². The molecule has 0 aliphatic rings. The molecule has 0 atom stereocenters. The Kier molecular flexibility index (Phi) is 4.27. The number of ether oxygens (including phenoxy) is 1. The molecule has 1 aromatic carbocycles. The standard InChI is InChI=1S/C10H11FN2O4/c1-17-8-3-2-6(4-7(8)11)13-10(16)12-5-9(14)15/h2-4H,5H2,1H3,(H,14,15)(H2,12,13,16). The number of rotatable bonds is 4. The first kappa shape index (κ1) is 12.8. The molecule has 0 saturated heterocycles. The van der Waals surface area contributed by atoms with Crippen molar-refractivity contribution >= 4 is 17.7 Å². The normalized spacial score (nSPS) is 9.53. The summed E-state index contributed by atoms with van der Waals surface area (Å²) in [5, 5.41) is 12.7. The van der Waals surface area contributed by atoms with Crippen molar-refractivity contribution in [3.05, 3.63) is 24.0 Å². The molecule has 17 heavy (non-hydrogen) atoms. The molecule has 1 rings (SSSR count). The lowest BCUT2D eigenvalue weighted by atomic mass is 10.3. The summed E-state index contributed by atoms with van der Waals surface area (Å²) >= 11 is 0. The highest BCUT2D eigenvalue weighted by atomic mass is 19.1. The number of amides is 2. The Balaban J connectivity index is 2.60. The quantitative estimate of drug-likeness (QED) is 0.736. The van der Waals surface area contributed by atoms with Gasteiger partial charge in [-0.3, -0.25) is 4.79 Å². The van der Waals surface area contributed by atoms with Gasteiger partial charge in [-0.1, -0.05) is 0 Å². The van der Waals surface area contributed by atoms with Gasteiger partial charge in [0.15, 0.2) is 11.6 Å². The van der Waals surface area contributed by atoms with Crippen LogP contribution in [0.1, 0.15) is 0 Å². The van der Waals surface area contributed by atoms with E-state index in [2.05, 4.69) is 10.6 Å². The number of urea groups is 1. The van der Waals surface area contributed by atoms with Crippen LogP contribution < -0.4 is 15.4 Å². The number of hydrogen-bond donors (Lipinski definition) is 3. The van der Waals surface area contributed by atoms with Crippen LogP contribution in [0, 0.1) is 5.82 Å². The summed E-state index contributed by atoms with van der Waals surface area (Å²) in [7, 11) is 1.32. The van der Waals surface area contributed by atoms with Crippen molar-refractivity contribution in [2.45, 2.75) is 0 Å². The van der Waals surface area contributed by atoms with Crippen molar-refractivity contribution in [1.82, 2.24) is 5.32 Å². The average molecular weight is 242 g/mol. The van der Waals surface area contributed by atoms with Gasteiger partial charge in [0.2, 0.25) is 0 Å². The van der Waals surface area contributed by atoms with E-state index in [0.717, 1.165) is 6.07 Å². The minimum Gasteiger partial charge on any atom is -0.494 e. The molecule has 0 spiro atoms. The molecule has 0 unspecified atom stereocenters. The molecule has 92 valence electrons. The molecular weight excluding hydrogens is 231 g/mol. The van der Waals surface area contributed by atoms with E-state index in [4.69, 9.17) is 9.84 Å². The maximum absolute atomic E-state index is 13.2. The third-order valence-corrected chi connectivity index (χ3v) is 1.81. The number of halogens is 1. The van der Waals surface area contributed by atoms with Gasteiger partial charge in [0.1, 0.15) is 6.54 Å². The number of benzene rings is 1. The van der Waals surface area contributed by atoms with Crippen molar-refractivity contribution in [2.75, 3.05) is 19.0 Å². The molecule has 6 nitrogen and oxygen atoms in total. The average Bonchev–Trinajstić information content (AvgIpc) is 2.26. The van der Waals surface area contributed by atoms with Crippen LogP contribution in [0.15, 0.2) is 18.2 Å². The Morgan fingerprint density at radius 3 is 2.71 bits per heavy atom. The van der Waals surface area contributed by atoms with E-state index < -0.39 is 24.4 Å². The lowest BCUT2D eigenvalue weighted by Crippen LogP contribution is -2.33. The SMILES string of the molecule is COc1ccc(NC(=O)NCC(=O)O)cc1F. The van der Waals surface area contributed by atoms with Crippen molar-refractivity contribution in [2.24, 2.45) is 0 Å². The van der Waals surface area contributed by atoms with Gasteiger partial charge in [-0.05, 0) is 12.1 Å². The number of carboxylic acid groups (broad SMARTS) is 1. The number of aliphatic carboxylic acids is 1. The monoisotopic (exact) mass is 242 g/mol. The molecule has 2 amide bonds. The Labute approximate surface area is 96.4 Å². The zero-order valence-corrected chi connectivity index (χ0v) is 8.99. The minimum absolute atomic E-state index is 0.0569. The molecule has 0 aliphatic carbocycles. The molecule has 0 fully saturated rings. The van der Waals surface area contributed by atoms with Gasteiger partial charge in [-0.2, -0.15) is 0 Å². The Morgan fingerprint density at radius 1 is 1.47 bits per heavy atom. The van der Waals surface area contributed by atoms with Crippen LogP contribution in [0.2, 0.25) is 0 Å². The van der Waals surface area contributed by atoms with Gasteiger partial charge >= 0.3 is 12.0 Å². The number of hydrogen-bond acceptors (Lipinski definition) is 3. The summed E-state index contributed by atoms with van der Waals surface area (Å²) in [4.78, 5) is 21.3. The first-order chi connectivity index (χ1) is 8.02. The molecule has 1 aromatic rings. The van der Waals surface area contributed by atoms with Crippen LogP contribution in [0.5, 0.6) is 5.75 Å². The van der Waals surface area contributed by atoms with Gasteiger partial charge in [0.25, 0.3) is 0 Å². The molecule has 0 saturated carbocycles. The minimum atomic E-state index is -1.17. The highest BCUT2D eigenvalue weighted by molar-refractivity contribution is 5.91. The predicted octanol–water partition coefficient (Wildman–Crippen LogP) is 1.04. The molecule has 0 heterocycles. The van der Waals surface area contributed by atoms with E-state index in [-0.39, 0.29) is 11.4 Å². The molecule has 0 radical (unpaired) electrons. The van der Waals surface area contributed by atoms with Gasteiger partial charge in [-0.25, -0.2) is 9.18 Å². The van der Waals surface area contributed by atoms with Crippen LogP contribution in [0.25, 0.3) is 0 Å². The Hall–Kier alpha value is -2.31. The Bertz CT molecular complexity index is 436. The van der Waals surface area contributed by atoms with E-state index in [0.29, 0.717) is 0 Å². The van der Waals surface area contributed by atoms with Crippen LogP contribution in [-0.2, 0) is 4.79 Å². The second-order valence-corrected chi connectivity index (χ2v) is 3.05. The number of nitrogens with one attached hydrogen (secondary N) is 2. The third kappa shape index (κ3) is 3.98. The maximum atomic E-state index is 13.2. The third-order valence-electron chi connectivity index (χ3n) is 1.81. The maximum Gasteiger partial charge on any atom is 0.323 e. The van der Waals surface area contributed by atoms with E-state index in [1.165, 1.54) is 19.2 Å². The summed E-state index contributed by atoms with van der Waals surface area (Å²) in [6, 6.07) is 3.13. The summed E-state index contributed by atoms with van der Waals surface area (Å²) in [6.07, 6.45) is 0. The fourth-order valence-corrected chi connectivity index (χ4v) is 1.08. The molecule has 0 aromatic heterocycles. The van der Waals surface area contributed by atoms with Gasteiger partial charge in [-0.15, -0.1) is 0 Å². The largest absolute Gasteiger partial charge is 0.494 e. The predicted molar refractivity (Wildman–Crippen MR) is 57.6 cm³/mol. The van der Waals surface area contributed by atoms with Crippen molar-refractivity contribution < 1.29 is 23.8 Å². The van der Waals surface area contributed by atoms with Crippen LogP contribution in [-0.4, -0.2) is 30.8 Å². The lowest BCUT2D eigenvalue weighted by molar-refractivity contribution is -0.135. The number of anilines is 1. The molecular formula is C10H11FN2O4. The number of carbonyl (C=O) groups is 2. The lowest BCUT2D eigenvalue weighted by Gasteiger charge is -2.07. The van der Waals surface area contributed by atoms with Crippen molar-refractivity contribution in [1.29, 1.82) is 0 Å². The highest BCUT2D eigenvalue weighted by Gasteiger charge is 2.07. The number of methoxy groups -OCH3 is 1. The van der Waals surface area contributed by atoms with Crippen molar-refractivity contribution in [3.63, 3.8) is 0 Å².